The van der Waals surface area contributed by atoms with Gasteiger partial charge in [-0.2, -0.15) is 5.10 Å². The molecule has 1 aliphatic carbocycles. The average Bonchev–Trinajstić information content (AvgIpc) is 3.27. The van der Waals surface area contributed by atoms with E-state index in [0.29, 0.717) is 24.4 Å². The number of H-pyrrole nitrogens is 1. The van der Waals surface area contributed by atoms with E-state index < -0.39 is 0 Å². The molecule has 2 aliphatic rings. The maximum atomic E-state index is 12.5. The normalized spacial score (nSPS) is 18.7. The number of ether oxygens (including phenoxy) is 2. The van der Waals surface area contributed by atoms with Gasteiger partial charge in [0, 0.05) is 11.3 Å². The van der Waals surface area contributed by atoms with Gasteiger partial charge < -0.3 is 14.6 Å². The van der Waals surface area contributed by atoms with Crippen LogP contribution < -0.4 is 4.74 Å². The summed E-state index contributed by atoms with van der Waals surface area (Å²) in [5, 5.41) is 18.2. The van der Waals surface area contributed by atoms with Gasteiger partial charge in [0.05, 0.1) is 24.4 Å². The molecule has 0 radical (unpaired) electrons. The molecule has 1 aliphatic heterocycles. The minimum atomic E-state index is -0.289. The summed E-state index contributed by atoms with van der Waals surface area (Å²) in [6.45, 7) is 0.334. The van der Waals surface area contributed by atoms with Crippen LogP contribution in [0, 0.1) is 0 Å². The molecule has 0 saturated heterocycles. The van der Waals surface area contributed by atoms with Crippen LogP contribution in [0.15, 0.2) is 47.7 Å². The largest absolute Gasteiger partial charge is 0.504 e. The molecule has 0 spiro atoms. The first-order valence-electron chi connectivity index (χ1n) is 8.38. The number of nitrogens with zero attached hydrogens (tertiary/aromatic N) is 1. The zero-order valence-corrected chi connectivity index (χ0v) is 14.1. The van der Waals surface area contributed by atoms with Crippen molar-refractivity contribution in [1.82, 2.24) is 10.2 Å². The van der Waals surface area contributed by atoms with Gasteiger partial charge in [-0.15, -0.1) is 0 Å². The van der Waals surface area contributed by atoms with Crippen molar-refractivity contribution in [2.75, 3.05) is 13.7 Å². The lowest BCUT2D eigenvalue weighted by molar-refractivity contribution is -0.136. The molecule has 6 heteroatoms. The van der Waals surface area contributed by atoms with Crippen LogP contribution in [-0.4, -0.2) is 35.0 Å². The van der Waals surface area contributed by atoms with Gasteiger partial charge >= 0.3 is 5.97 Å². The number of aromatic hydroxyl groups is 1. The van der Waals surface area contributed by atoms with Gasteiger partial charge in [-0.1, -0.05) is 18.2 Å². The summed E-state index contributed by atoms with van der Waals surface area (Å²) in [6.07, 6.45) is 2.47. The molecular formula is C20H16N2O4. The van der Waals surface area contributed by atoms with E-state index in [1.807, 2.05) is 12.1 Å². The molecule has 130 valence electrons. The molecule has 0 fully saturated rings. The topological polar surface area (TPSA) is 84.4 Å². The Morgan fingerprint density at radius 1 is 1.31 bits per heavy atom. The summed E-state index contributed by atoms with van der Waals surface area (Å²) in [4.78, 5) is 12.5. The van der Waals surface area contributed by atoms with E-state index in [-0.39, 0.29) is 17.6 Å². The number of aromatic nitrogens is 2. The quantitative estimate of drug-likeness (QED) is 0.696. The number of carbonyl (C=O) groups is 1. The van der Waals surface area contributed by atoms with Crippen molar-refractivity contribution in [3.05, 3.63) is 64.4 Å². The zero-order chi connectivity index (χ0) is 17.8. The third kappa shape index (κ3) is 1.98. The van der Waals surface area contributed by atoms with Crippen molar-refractivity contribution in [2.45, 2.75) is 12.3 Å². The Hall–Kier alpha value is -3.28. The first-order valence-corrected chi connectivity index (χ1v) is 8.38. The molecule has 6 nitrogen and oxygen atoms in total. The van der Waals surface area contributed by atoms with Crippen molar-refractivity contribution in [2.24, 2.45) is 0 Å². The van der Waals surface area contributed by atoms with Crippen LogP contribution in [0.3, 0.4) is 0 Å². The van der Waals surface area contributed by atoms with Gasteiger partial charge in [-0.05, 0) is 40.8 Å². The Morgan fingerprint density at radius 3 is 3.04 bits per heavy atom. The number of aromatic amines is 1. The number of carbonyl (C=O) groups excluding carboxylic acids is 1. The Balaban J connectivity index is 1.81. The minimum absolute atomic E-state index is 0.0650. The lowest BCUT2D eigenvalue weighted by Gasteiger charge is -2.27. The third-order valence-corrected chi connectivity index (χ3v) is 5.24. The fourth-order valence-corrected chi connectivity index (χ4v) is 4.06. The lowest BCUT2D eigenvalue weighted by atomic mass is 9.74. The molecule has 26 heavy (non-hydrogen) atoms. The van der Waals surface area contributed by atoms with Crippen molar-refractivity contribution in [3.8, 4) is 11.5 Å². The summed E-state index contributed by atoms with van der Waals surface area (Å²) in [7, 11) is 1.51. The molecular weight excluding hydrogens is 332 g/mol. The Labute approximate surface area is 149 Å². The van der Waals surface area contributed by atoms with E-state index in [4.69, 9.17) is 9.47 Å². The van der Waals surface area contributed by atoms with Gasteiger partial charge in [-0.3, -0.25) is 5.10 Å². The van der Waals surface area contributed by atoms with E-state index in [1.165, 1.54) is 7.11 Å². The van der Waals surface area contributed by atoms with Gasteiger partial charge in [0.1, 0.15) is 6.61 Å². The van der Waals surface area contributed by atoms with Crippen molar-refractivity contribution >= 4 is 16.9 Å². The van der Waals surface area contributed by atoms with Gasteiger partial charge in [0.15, 0.2) is 11.5 Å². The maximum Gasteiger partial charge on any atom is 0.335 e. The van der Waals surface area contributed by atoms with Crippen LogP contribution in [0.5, 0.6) is 11.5 Å². The molecule has 0 amide bonds. The first-order chi connectivity index (χ1) is 12.7. The minimum Gasteiger partial charge on any atom is -0.504 e. The molecule has 0 saturated carbocycles. The number of benzene rings is 2. The second-order valence-corrected chi connectivity index (χ2v) is 6.61. The number of hydrogen-bond acceptors (Lipinski definition) is 5. The van der Waals surface area contributed by atoms with E-state index in [9.17, 15) is 9.90 Å². The summed E-state index contributed by atoms with van der Waals surface area (Å²) in [5.74, 6) is -0.128. The van der Waals surface area contributed by atoms with Gasteiger partial charge in [0.2, 0.25) is 0 Å². The Morgan fingerprint density at radius 2 is 2.19 bits per heavy atom. The first kappa shape index (κ1) is 15.0. The number of cyclic esters (lactones) is 1. The van der Waals surface area contributed by atoms with E-state index in [0.717, 1.165) is 33.2 Å². The SMILES string of the molecule is COc1cc(C2C3=C(COC3=O)Cc3ccc4cn[nH]c4c32)ccc1O. The second kappa shape index (κ2) is 5.36. The summed E-state index contributed by atoms with van der Waals surface area (Å²) in [5.41, 5.74) is 5.67. The molecule has 5 rings (SSSR count). The molecule has 1 unspecified atom stereocenters. The molecule has 2 N–H and O–H groups in total. The standard InChI is InChI=1S/C20H16N2O4/c1-25-15-7-11(4-5-14(15)23)16-17-10(2-3-12-8-21-22-19(12)17)6-13-9-26-20(24)18(13)16/h2-5,7-8,16,23H,6,9H2,1H3,(H,21,22). The van der Waals surface area contributed by atoms with Crippen LogP contribution in [0.2, 0.25) is 0 Å². The van der Waals surface area contributed by atoms with E-state index in [1.54, 1.807) is 18.3 Å². The van der Waals surface area contributed by atoms with Crippen LogP contribution in [-0.2, 0) is 16.0 Å². The summed E-state index contributed by atoms with van der Waals surface area (Å²) >= 11 is 0. The third-order valence-electron chi connectivity index (χ3n) is 5.24. The number of hydrogen-bond donors (Lipinski definition) is 2. The molecule has 1 aromatic heterocycles. The molecule has 2 heterocycles. The highest BCUT2D eigenvalue weighted by atomic mass is 16.5. The van der Waals surface area contributed by atoms with Crippen molar-refractivity contribution in [3.63, 3.8) is 0 Å². The lowest BCUT2D eigenvalue weighted by Crippen LogP contribution is -2.18. The predicted octanol–water partition coefficient (Wildman–Crippen LogP) is 2.82. The van der Waals surface area contributed by atoms with E-state index >= 15 is 0 Å². The van der Waals surface area contributed by atoms with Gasteiger partial charge in [-0.25, -0.2) is 4.79 Å². The maximum absolute atomic E-state index is 12.5. The van der Waals surface area contributed by atoms with Crippen LogP contribution in [0.25, 0.3) is 10.9 Å². The Kier molecular flexibility index (Phi) is 3.09. The predicted molar refractivity (Wildman–Crippen MR) is 94.3 cm³/mol. The number of phenolic OH excluding ortho intramolecular Hbond substituents is 1. The highest BCUT2D eigenvalue weighted by molar-refractivity contribution is 5.97. The molecule has 1 atom stereocenters. The average molecular weight is 348 g/mol. The fourth-order valence-electron chi connectivity index (χ4n) is 4.06. The summed E-state index contributed by atoms with van der Waals surface area (Å²) in [6, 6.07) is 9.32. The summed E-state index contributed by atoms with van der Waals surface area (Å²) < 4.78 is 10.6. The molecule has 2 aromatic carbocycles. The van der Waals surface area contributed by atoms with Gasteiger partial charge in [0.25, 0.3) is 0 Å². The monoisotopic (exact) mass is 348 g/mol. The number of esters is 1. The molecule has 0 bridgehead atoms. The number of phenols is 1. The number of methoxy groups -OCH3 is 1. The van der Waals surface area contributed by atoms with Crippen molar-refractivity contribution < 1.29 is 19.4 Å². The highest BCUT2D eigenvalue weighted by Gasteiger charge is 2.39. The van der Waals surface area contributed by atoms with Crippen LogP contribution in [0.1, 0.15) is 22.6 Å². The van der Waals surface area contributed by atoms with Crippen LogP contribution >= 0.6 is 0 Å². The Bertz CT molecular complexity index is 1100. The fraction of sp³-hybridized carbons (Fsp3) is 0.200. The van der Waals surface area contributed by atoms with Crippen molar-refractivity contribution in [1.29, 1.82) is 0 Å². The smallest absolute Gasteiger partial charge is 0.335 e. The number of fused-ring (bicyclic) bond motifs is 3. The zero-order valence-electron chi connectivity index (χ0n) is 14.1. The van der Waals surface area contributed by atoms with E-state index in [2.05, 4.69) is 16.3 Å². The number of rotatable bonds is 2. The second-order valence-electron chi connectivity index (χ2n) is 6.61. The number of nitrogens with one attached hydrogen (secondary N) is 1. The highest BCUT2D eigenvalue weighted by Crippen LogP contribution is 2.47. The van der Waals surface area contributed by atoms with Crippen LogP contribution in [0.4, 0.5) is 0 Å². The molecule has 3 aromatic rings.